The molecule has 3 aliphatic carbocycles. The molecule has 1 heterocycles. The Balaban J connectivity index is 1.80. The number of fused-ring (bicyclic) bond motifs is 2. The third-order valence-corrected chi connectivity index (χ3v) is 6.38. The van der Waals surface area contributed by atoms with Gasteiger partial charge in [-0.2, -0.15) is 0 Å². The fourth-order valence-electron chi connectivity index (χ4n) is 4.28. The molecule has 1 aromatic carbocycles. The molecule has 0 aromatic heterocycles. The summed E-state index contributed by atoms with van der Waals surface area (Å²) in [5.41, 5.74) is 0.561. The van der Waals surface area contributed by atoms with Crippen LogP contribution in [0.3, 0.4) is 0 Å². The van der Waals surface area contributed by atoms with Crippen LogP contribution in [0.4, 0.5) is 5.69 Å². The number of rotatable bonds is 1. The van der Waals surface area contributed by atoms with Crippen molar-refractivity contribution in [3.8, 4) is 0 Å². The van der Waals surface area contributed by atoms with Crippen molar-refractivity contribution in [2.75, 3.05) is 4.90 Å². The van der Waals surface area contributed by atoms with E-state index in [2.05, 4.69) is 31.9 Å². The molecule has 3 saturated carbocycles. The molecule has 0 N–H and O–H groups in total. The molecule has 1 aromatic rings. The molecule has 4 unspecified atom stereocenters. The lowest BCUT2D eigenvalue weighted by atomic mass is 9.59. The normalized spacial score (nSPS) is 33.5. The lowest BCUT2D eigenvalue weighted by molar-refractivity contribution is -0.143. The topological polar surface area (TPSA) is 54.5 Å². The predicted octanol–water partition coefficient (Wildman–Crippen LogP) is 3.32. The van der Waals surface area contributed by atoms with Crippen LogP contribution in [0.15, 0.2) is 27.1 Å². The lowest BCUT2D eigenvalue weighted by Gasteiger charge is -2.41. The van der Waals surface area contributed by atoms with Crippen molar-refractivity contribution in [2.24, 2.45) is 23.7 Å². The highest BCUT2D eigenvalue weighted by Gasteiger charge is 2.61. The van der Waals surface area contributed by atoms with Crippen LogP contribution in [0.1, 0.15) is 19.3 Å². The Labute approximate surface area is 144 Å². The van der Waals surface area contributed by atoms with Gasteiger partial charge in [0.1, 0.15) is 5.78 Å². The van der Waals surface area contributed by atoms with Crippen LogP contribution in [-0.2, 0) is 14.4 Å². The average molecular weight is 427 g/mol. The molecule has 4 atom stereocenters. The van der Waals surface area contributed by atoms with Crippen molar-refractivity contribution in [3.05, 3.63) is 27.1 Å². The van der Waals surface area contributed by atoms with E-state index in [4.69, 9.17) is 0 Å². The third kappa shape index (κ3) is 1.89. The molecular formula is C16H13Br2NO3. The van der Waals surface area contributed by atoms with E-state index >= 15 is 0 Å². The number of imide groups is 1. The summed E-state index contributed by atoms with van der Waals surface area (Å²) in [6, 6.07) is 5.42. The molecule has 22 heavy (non-hydrogen) atoms. The van der Waals surface area contributed by atoms with Crippen LogP contribution in [0, 0.1) is 23.7 Å². The quantitative estimate of drug-likeness (QED) is 0.647. The fourth-order valence-corrected chi connectivity index (χ4v) is 5.05. The van der Waals surface area contributed by atoms with Crippen LogP contribution in [0.25, 0.3) is 0 Å². The summed E-state index contributed by atoms with van der Waals surface area (Å²) in [7, 11) is 0. The minimum absolute atomic E-state index is 0.0369. The predicted molar refractivity (Wildman–Crippen MR) is 87.2 cm³/mol. The number of ketones is 1. The summed E-state index contributed by atoms with van der Waals surface area (Å²) in [4.78, 5) is 39.1. The van der Waals surface area contributed by atoms with Crippen molar-refractivity contribution < 1.29 is 14.4 Å². The maximum Gasteiger partial charge on any atom is 0.238 e. The Morgan fingerprint density at radius 2 is 1.73 bits per heavy atom. The fraction of sp³-hybridized carbons (Fsp3) is 0.438. The number of hydrogen-bond acceptors (Lipinski definition) is 3. The molecule has 2 bridgehead atoms. The highest BCUT2D eigenvalue weighted by atomic mass is 79.9. The van der Waals surface area contributed by atoms with Gasteiger partial charge in [-0.3, -0.25) is 14.4 Å². The molecule has 4 fully saturated rings. The van der Waals surface area contributed by atoms with E-state index in [-0.39, 0.29) is 35.4 Å². The number of carbonyl (C=O) groups excluding carboxylic acids is 3. The molecular weight excluding hydrogens is 414 g/mol. The van der Waals surface area contributed by atoms with Crippen LogP contribution in [-0.4, -0.2) is 17.6 Å². The summed E-state index contributed by atoms with van der Waals surface area (Å²) < 4.78 is 1.51. The Kier molecular flexibility index (Phi) is 3.31. The second-order valence-electron chi connectivity index (χ2n) is 6.27. The molecule has 1 saturated heterocycles. The largest absolute Gasteiger partial charge is 0.299 e. The van der Waals surface area contributed by atoms with Crippen molar-refractivity contribution in [1.29, 1.82) is 0 Å². The summed E-state index contributed by atoms with van der Waals surface area (Å²) in [5, 5.41) is 0. The van der Waals surface area contributed by atoms with Gasteiger partial charge < -0.3 is 0 Å². The zero-order valence-electron chi connectivity index (χ0n) is 11.6. The average Bonchev–Trinajstić information content (AvgIpc) is 2.76. The Bertz CT molecular complexity index is 717. The zero-order chi connectivity index (χ0) is 15.6. The van der Waals surface area contributed by atoms with Crippen molar-refractivity contribution >= 4 is 55.1 Å². The van der Waals surface area contributed by atoms with Crippen molar-refractivity contribution in [3.63, 3.8) is 0 Å². The maximum atomic E-state index is 12.9. The second-order valence-corrected chi connectivity index (χ2v) is 8.04. The number of halogens is 2. The van der Waals surface area contributed by atoms with E-state index in [1.165, 1.54) is 4.90 Å². The van der Waals surface area contributed by atoms with Gasteiger partial charge in [-0.05, 0) is 52.9 Å². The molecule has 0 spiro atoms. The summed E-state index contributed by atoms with van der Waals surface area (Å²) in [5.74, 6) is -1.17. The highest BCUT2D eigenvalue weighted by molar-refractivity contribution is 9.11. The van der Waals surface area contributed by atoms with Gasteiger partial charge in [0.15, 0.2) is 0 Å². The SMILES string of the molecule is O=C1CC2CCC1C1C(=O)N(c3cc(Br)ccc3Br)C(=O)C21. The van der Waals surface area contributed by atoms with Gasteiger partial charge in [0.05, 0.1) is 17.5 Å². The molecule has 114 valence electrons. The number of benzene rings is 1. The first-order valence-corrected chi connectivity index (χ1v) is 8.93. The lowest BCUT2D eigenvalue weighted by Crippen LogP contribution is -2.46. The van der Waals surface area contributed by atoms with Gasteiger partial charge in [0.25, 0.3) is 0 Å². The van der Waals surface area contributed by atoms with Crippen LogP contribution < -0.4 is 4.90 Å². The molecule has 4 nitrogen and oxygen atoms in total. The van der Waals surface area contributed by atoms with E-state index in [9.17, 15) is 14.4 Å². The Hall–Kier alpha value is -1.01. The number of hydrogen-bond donors (Lipinski definition) is 0. The third-order valence-electron chi connectivity index (χ3n) is 5.21. The van der Waals surface area contributed by atoms with E-state index in [1.54, 1.807) is 6.07 Å². The van der Waals surface area contributed by atoms with Gasteiger partial charge in [-0.1, -0.05) is 15.9 Å². The van der Waals surface area contributed by atoms with Crippen molar-refractivity contribution in [1.82, 2.24) is 0 Å². The van der Waals surface area contributed by atoms with Crippen LogP contribution in [0.5, 0.6) is 0 Å². The Morgan fingerprint density at radius 3 is 2.45 bits per heavy atom. The molecule has 1 aliphatic heterocycles. The standard InChI is InChI=1S/C16H13Br2NO3/c17-8-2-4-10(18)11(6-8)19-15(21)13-7-1-3-9(12(20)5-7)14(13)16(19)22/h2,4,6-7,9,13-14H,1,3,5H2. The maximum absolute atomic E-state index is 12.9. The van der Waals surface area contributed by atoms with E-state index < -0.39 is 5.92 Å². The van der Waals surface area contributed by atoms with E-state index in [0.29, 0.717) is 16.6 Å². The number of amides is 2. The van der Waals surface area contributed by atoms with Crippen LogP contribution >= 0.6 is 31.9 Å². The van der Waals surface area contributed by atoms with Crippen molar-refractivity contribution in [2.45, 2.75) is 19.3 Å². The monoisotopic (exact) mass is 425 g/mol. The highest BCUT2D eigenvalue weighted by Crippen LogP contribution is 2.52. The van der Waals surface area contributed by atoms with Gasteiger partial charge in [-0.15, -0.1) is 0 Å². The number of Topliss-reactive ketones (excluding diaryl/α,β-unsaturated/α-hetero) is 1. The summed E-state index contributed by atoms with van der Waals surface area (Å²) in [6.45, 7) is 0. The zero-order valence-corrected chi connectivity index (χ0v) is 14.8. The molecule has 5 rings (SSSR count). The van der Waals surface area contributed by atoms with Gasteiger partial charge in [0.2, 0.25) is 11.8 Å². The first kappa shape index (κ1) is 14.6. The summed E-state index contributed by atoms with van der Waals surface area (Å²) >= 11 is 6.80. The molecule has 6 heteroatoms. The Morgan fingerprint density at radius 1 is 1.00 bits per heavy atom. The van der Waals surface area contributed by atoms with E-state index in [1.807, 2.05) is 12.1 Å². The number of anilines is 1. The van der Waals surface area contributed by atoms with E-state index in [0.717, 1.165) is 17.3 Å². The molecule has 0 radical (unpaired) electrons. The van der Waals surface area contributed by atoms with Gasteiger partial charge >= 0.3 is 0 Å². The first-order chi connectivity index (χ1) is 10.5. The van der Waals surface area contributed by atoms with Crippen LogP contribution in [0.2, 0.25) is 0 Å². The number of nitrogens with zero attached hydrogens (tertiary/aromatic N) is 1. The second kappa shape index (κ2) is 4.99. The minimum Gasteiger partial charge on any atom is -0.299 e. The van der Waals surface area contributed by atoms with Gasteiger partial charge in [-0.25, -0.2) is 4.90 Å². The van der Waals surface area contributed by atoms with Gasteiger partial charge in [0, 0.05) is 21.3 Å². The molecule has 4 aliphatic rings. The first-order valence-electron chi connectivity index (χ1n) is 7.34. The smallest absolute Gasteiger partial charge is 0.238 e. The number of carbonyl (C=O) groups is 3. The summed E-state index contributed by atoms with van der Waals surface area (Å²) in [6.07, 6.45) is 2.08. The minimum atomic E-state index is -0.446. The molecule has 2 amide bonds.